The third-order valence-corrected chi connectivity index (χ3v) is 7.40. The molecule has 4 nitrogen and oxygen atoms in total. The van der Waals surface area contributed by atoms with Gasteiger partial charge in [0.25, 0.3) is 0 Å². The van der Waals surface area contributed by atoms with Crippen molar-refractivity contribution in [1.29, 1.82) is 0 Å². The maximum atomic E-state index is 12.1. The number of rotatable bonds is 5. The minimum atomic E-state index is -3.88. The van der Waals surface area contributed by atoms with Crippen molar-refractivity contribution in [3.8, 4) is 0 Å². The summed E-state index contributed by atoms with van der Waals surface area (Å²) in [6.07, 6.45) is -0.00835. The molecule has 0 heterocycles. The standard InChI is InChI=1S/C11H14O4S2/c1-3-11(16(12,13)4-2)17(14,15)10-8-6-5-7-9-10/h4-9,11H,2-3H2,1H3. The van der Waals surface area contributed by atoms with E-state index in [9.17, 15) is 16.8 Å². The lowest BCUT2D eigenvalue weighted by atomic mass is 10.4. The molecule has 0 aromatic heterocycles. The van der Waals surface area contributed by atoms with Crippen molar-refractivity contribution in [3.05, 3.63) is 42.3 Å². The molecule has 6 heteroatoms. The van der Waals surface area contributed by atoms with E-state index in [0.717, 1.165) is 0 Å². The zero-order valence-electron chi connectivity index (χ0n) is 9.41. The van der Waals surface area contributed by atoms with Gasteiger partial charge in [-0.05, 0) is 18.6 Å². The highest BCUT2D eigenvalue weighted by Gasteiger charge is 2.35. The van der Waals surface area contributed by atoms with E-state index in [1.54, 1.807) is 18.2 Å². The molecule has 1 rings (SSSR count). The summed E-state index contributed by atoms with van der Waals surface area (Å²) in [6.45, 7) is 4.68. The van der Waals surface area contributed by atoms with Gasteiger partial charge in [0.2, 0.25) is 0 Å². The quantitative estimate of drug-likeness (QED) is 0.820. The van der Waals surface area contributed by atoms with Crippen molar-refractivity contribution in [3.63, 3.8) is 0 Å². The third kappa shape index (κ3) is 2.76. The molecule has 0 amide bonds. The lowest BCUT2D eigenvalue weighted by molar-refractivity contribution is 0.576. The second kappa shape index (κ2) is 5.01. The second-order valence-electron chi connectivity index (χ2n) is 3.45. The fourth-order valence-corrected chi connectivity index (χ4v) is 5.44. The minimum Gasteiger partial charge on any atom is -0.223 e. The molecule has 0 bridgehead atoms. The van der Waals surface area contributed by atoms with Crippen LogP contribution >= 0.6 is 0 Å². The highest BCUT2D eigenvalue weighted by molar-refractivity contribution is 8.10. The van der Waals surface area contributed by atoms with Crippen LogP contribution in [0.4, 0.5) is 0 Å². The van der Waals surface area contributed by atoms with Crippen molar-refractivity contribution in [2.24, 2.45) is 0 Å². The molecule has 0 radical (unpaired) electrons. The van der Waals surface area contributed by atoms with Crippen molar-refractivity contribution in [2.75, 3.05) is 0 Å². The summed E-state index contributed by atoms with van der Waals surface area (Å²) in [4.78, 5) is 0.0114. The average molecular weight is 274 g/mol. The number of benzene rings is 1. The van der Waals surface area contributed by atoms with Crippen LogP contribution in [-0.2, 0) is 19.7 Å². The first-order valence-corrected chi connectivity index (χ1v) is 8.17. The van der Waals surface area contributed by atoms with E-state index in [1.807, 2.05) is 0 Å². The van der Waals surface area contributed by atoms with Crippen LogP contribution < -0.4 is 0 Å². The van der Waals surface area contributed by atoms with Crippen molar-refractivity contribution >= 4 is 19.7 Å². The lowest BCUT2D eigenvalue weighted by Crippen LogP contribution is -2.28. The Hall–Kier alpha value is -1.14. The summed E-state index contributed by atoms with van der Waals surface area (Å²) >= 11 is 0. The molecule has 1 atom stereocenters. The molecular formula is C11H14O4S2. The Bertz CT molecular complexity index is 586. The molecule has 0 aliphatic carbocycles. The summed E-state index contributed by atoms with van der Waals surface area (Å²) in [5.74, 6) is 0. The molecular weight excluding hydrogens is 260 g/mol. The molecule has 1 aromatic rings. The van der Waals surface area contributed by atoms with Gasteiger partial charge in [-0.1, -0.05) is 31.7 Å². The highest BCUT2D eigenvalue weighted by atomic mass is 32.3. The van der Waals surface area contributed by atoms with Gasteiger partial charge in [0.05, 0.1) is 4.90 Å². The first kappa shape index (κ1) is 13.9. The molecule has 1 unspecified atom stereocenters. The van der Waals surface area contributed by atoms with Crippen LogP contribution in [0.5, 0.6) is 0 Å². The largest absolute Gasteiger partial charge is 0.223 e. The first-order chi connectivity index (χ1) is 7.86. The van der Waals surface area contributed by atoms with Gasteiger partial charge in [0, 0.05) is 5.41 Å². The van der Waals surface area contributed by atoms with E-state index in [4.69, 9.17) is 0 Å². The van der Waals surface area contributed by atoms with E-state index in [-0.39, 0.29) is 11.3 Å². The van der Waals surface area contributed by atoms with E-state index in [1.165, 1.54) is 19.1 Å². The van der Waals surface area contributed by atoms with Gasteiger partial charge >= 0.3 is 0 Å². The molecule has 1 aromatic carbocycles. The van der Waals surface area contributed by atoms with Crippen LogP contribution in [0.2, 0.25) is 0 Å². The number of sulfone groups is 2. The van der Waals surface area contributed by atoms with E-state index >= 15 is 0 Å². The van der Waals surface area contributed by atoms with Crippen molar-refractivity contribution < 1.29 is 16.8 Å². The van der Waals surface area contributed by atoms with Crippen LogP contribution in [0.15, 0.2) is 47.2 Å². The Morgan fingerprint density at radius 2 is 1.71 bits per heavy atom. The van der Waals surface area contributed by atoms with Gasteiger partial charge in [0.1, 0.15) is 0 Å². The maximum absolute atomic E-state index is 12.1. The Morgan fingerprint density at radius 1 is 1.18 bits per heavy atom. The SMILES string of the molecule is C=CS(=O)(=O)C(CC)S(=O)(=O)c1ccccc1. The summed E-state index contributed by atoms with van der Waals surface area (Å²) in [6, 6.07) is 7.55. The van der Waals surface area contributed by atoms with Gasteiger partial charge in [0.15, 0.2) is 24.3 Å². The monoisotopic (exact) mass is 274 g/mol. The lowest BCUT2D eigenvalue weighted by Gasteiger charge is -2.14. The van der Waals surface area contributed by atoms with Gasteiger partial charge in [-0.25, -0.2) is 16.8 Å². The second-order valence-corrected chi connectivity index (χ2v) is 7.96. The van der Waals surface area contributed by atoms with Crippen LogP contribution in [0, 0.1) is 0 Å². The Morgan fingerprint density at radius 3 is 2.12 bits per heavy atom. The van der Waals surface area contributed by atoms with Gasteiger partial charge in [-0.15, -0.1) is 0 Å². The van der Waals surface area contributed by atoms with Crippen LogP contribution in [-0.4, -0.2) is 21.4 Å². The molecule has 0 aliphatic heterocycles. The minimum absolute atomic E-state index is 0.00835. The summed E-state index contributed by atoms with van der Waals surface area (Å²) in [7, 11) is -7.72. The van der Waals surface area contributed by atoms with Crippen molar-refractivity contribution in [1.82, 2.24) is 0 Å². The number of hydrogen-bond acceptors (Lipinski definition) is 4. The summed E-state index contributed by atoms with van der Waals surface area (Å²) in [5, 5.41) is 0.696. The summed E-state index contributed by atoms with van der Waals surface area (Å²) < 4.78 is 46.1. The van der Waals surface area contributed by atoms with Crippen LogP contribution in [0.3, 0.4) is 0 Å². The smallest absolute Gasteiger partial charge is 0.195 e. The Balaban J connectivity index is 3.37. The molecule has 0 fully saturated rings. The Kier molecular flexibility index (Phi) is 4.11. The topological polar surface area (TPSA) is 68.3 Å². The molecule has 0 spiro atoms. The Labute approximate surface area is 102 Å². The first-order valence-electron chi connectivity index (χ1n) is 5.01. The molecule has 0 saturated heterocycles. The highest BCUT2D eigenvalue weighted by Crippen LogP contribution is 2.23. The predicted octanol–water partition coefficient (Wildman–Crippen LogP) is 1.75. The van der Waals surface area contributed by atoms with Crippen LogP contribution in [0.1, 0.15) is 13.3 Å². The maximum Gasteiger partial charge on any atom is 0.195 e. The molecule has 0 saturated carbocycles. The summed E-state index contributed by atoms with van der Waals surface area (Å²) in [5.41, 5.74) is 0. The van der Waals surface area contributed by atoms with Crippen molar-refractivity contribution in [2.45, 2.75) is 22.8 Å². The van der Waals surface area contributed by atoms with E-state index < -0.39 is 24.3 Å². The molecule has 0 N–H and O–H groups in total. The fourth-order valence-electron chi connectivity index (χ4n) is 1.50. The third-order valence-electron chi connectivity index (χ3n) is 2.35. The normalized spacial score (nSPS) is 14.2. The average Bonchev–Trinajstić information content (AvgIpc) is 2.30. The molecule has 17 heavy (non-hydrogen) atoms. The van der Waals surface area contributed by atoms with Gasteiger partial charge < -0.3 is 0 Å². The predicted molar refractivity (Wildman–Crippen MR) is 66.8 cm³/mol. The zero-order valence-corrected chi connectivity index (χ0v) is 11.0. The zero-order chi connectivity index (χ0) is 13.1. The molecule has 94 valence electrons. The van der Waals surface area contributed by atoms with E-state index in [2.05, 4.69) is 6.58 Å². The van der Waals surface area contributed by atoms with Gasteiger partial charge in [-0.3, -0.25) is 0 Å². The number of hydrogen-bond donors (Lipinski definition) is 0. The van der Waals surface area contributed by atoms with Gasteiger partial charge in [-0.2, -0.15) is 0 Å². The fraction of sp³-hybridized carbons (Fsp3) is 0.273. The molecule has 0 aliphatic rings. The van der Waals surface area contributed by atoms with E-state index in [0.29, 0.717) is 5.41 Å². The van der Waals surface area contributed by atoms with Crippen LogP contribution in [0.25, 0.3) is 0 Å².